The highest BCUT2D eigenvalue weighted by atomic mass is 35.5. The number of aryl methyl sites for hydroxylation is 1. The first kappa shape index (κ1) is 25.5. The van der Waals surface area contributed by atoms with Gasteiger partial charge in [0.2, 0.25) is 11.8 Å². The fourth-order valence-corrected chi connectivity index (χ4v) is 4.10. The number of nitrogens with one attached hydrogen (secondary N) is 1. The minimum Gasteiger partial charge on any atom is -0.352 e. The van der Waals surface area contributed by atoms with Gasteiger partial charge in [-0.25, -0.2) is 0 Å². The summed E-state index contributed by atoms with van der Waals surface area (Å²) < 4.78 is 0. The Kier molecular flexibility index (Phi) is 9.29. The van der Waals surface area contributed by atoms with Crippen LogP contribution in [0.25, 0.3) is 0 Å². The molecule has 0 spiro atoms. The molecule has 0 saturated carbocycles. The largest absolute Gasteiger partial charge is 0.352 e. The van der Waals surface area contributed by atoms with E-state index in [0.29, 0.717) is 11.4 Å². The minimum absolute atomic E-state index is 0.0137. The Labute approximate surface area is 207 Å². The van der Waals surface area contributed by atoms with Gasteiger partial charge in [-0.05, 0) is 43.0 Å². The summed E-state index contributed by atoms with van der Waals surface area (Å²) in [7, 11) is 0. The highest BCUT2D eigenvalue weighted by Crippen LogP contribution is 2.21. The summed E-state index contributed by atoms with van der Waals surface area (Å²) in [6.45, 7) is 6.27. The van der Waals surface area contributed by atoms with Crippen molar-refractivity contribution in [2.75, 3.05) is 0 Å². The van der Waals surface area contributed by atoms with Crippen LogP contribution in [-0.4, -0.2) is 28.8 Å². The summed E-state index contributed by atoms with van der Waals surface area (Å²) in [6.07, 6.45) is 1.45. The molecule has 0 bridgehead atoms. The molecular weight excluding hydrogens is 444 g/mol. The van der Waals surface area contributed by atoms with Crippen molar-refractivity contribution in [2.45, 2.75) is 58.7 Å². The topological polar surface area (TPSA) is 49.4 Å². The maximum Gasteiger partial charge on any atom is 0.243 e. The van der Waals surface area contributed by atoms with Gasteiger partial charge in [-0.15, -0.1) is 0 Å². The van der Waals surface area contributed by atoms with E-state index in [1.54, 1.807) is 4.90 Å². The van der Waals surface area contributed by atoms with Crippen LogP contribution >= 0.6 is 11.6 Å². The minimum atomic E-state index is -0.662. The van der Waals surface area contributed by atoms with Crippen LogP contribution in [0.4, 0.5) is 0 Å². The molecule has 3 aromatic carbocycles. The number of nitrogens with zero attached hydrogens (tertiary/aromatic N) is 1. The van der Waals surface area contributed by atoms with Crippen LogP contribution in [0.2, 0.25) is 5.02 Å². The number of amides is 2. The number of carbonyl (C=O) groups excluding carboxylic acids is 2. The van der Waals surface area contributed by atoms with Crippen LogP contribution in [-0.2, 0) is 29.0 Å². The highest BCUT2D eigenvalue weighted by Gasteiger charge is 2.31. The molecule has 3 aromatic rings. The Morgan fingerprint density at radius 1 is 0.941 bits per heavy atom. The standard InChI is InChI=1S/C29H33ClN2O2/c1-4-22(3)31-29(34)27(18-23-12-6-5-7-13-23)32(20-25-15-8-9-16-26(25)30)28(33)19-24-14-10-11-21(2)17-24/h5-17,22,27H,4,18-20H2,1-3H3,(H,31,34)/t22-,27-/m1/s1. The molecule has 178 valence electrons. The van der Waals surface area contributed by atoms with Crippen molar-refractivity contribution in [3.8, 4) is 0 Å². The van der Waals surface area contributed by atoms with Gasteiger partial charge in [0, 0.05) is 24.0 Å². The number of halogens is 1. The summed E-state index contributed by atoms with van der Waals surface area (Å²) in [5, 5.41) is 3.67. The van der Waals surface area contributed by atoms with E-state index in [0.717, 1.165) is 28.7 Å². The Morgan fingerprint density at radius 2 is 1.62 bits per heavy atom. The van der Waals surface area contributed by atoms with Crippen molar-refractivity contribution in [1.29, 1.82) is 0 Å². The first-order chi connectivity index (χ1) is 16.4. The molecule has 0 aliphatic carbocycles. The zero-order valence-electron chi connectivity index (χ0n) is 20.1. The molecule has 2 atom stereocenters. The number of hydrogen-bond donors (Lipinski definition) is 1. The molecule has 0 aliphatic heterocycles. The molecule has 0 radical (unpaired) electrons. The Bertz CT molecular complexity index is 1100. The zero-order chi connectivity index (χ0) is 24.5. The van der Waals surface area contributed by atoms with Crippen LogP contribution < -0.4 is 5.32 Å². The van der Waals surface area contributed by atoms with Crippen molar-refractivity contribution < 1.29 is 9.59 Å². The van der Waals surface area contributed by atoms with Crippen molar-refractivity contribution in [3.63, 3.8) is 0 Å². The second-order valence-electron chi connectivity index (χ2n) is 8.80. The first-order valence-corrected chi connectivity index (χ1v) is 12.2. The first-order valence-electron chi connectivity index (χ1n) is 11.8. The van der Waals surface area contributed by atoms with E-state index in [1.165, 1.54) is 0 Å². The Morgan fingerprint density at radius 3 is 2.29 bits per heavy atom. The van der Waals surface area contributed by atoms with Crippen LogP contribution in [0.1, 0.15) is 42.5 Å². The number of hydrogen-bond acceptors (Lipinski definition) is 2. The zero-order valence-corrected chi connectivity index (χ0v) is 20.9. The SMILES string of the molecule is CC[C@@H](C)NC(=O)[C@@H](Cc1ccccc1)N(Cc1ccccc1Cl)C(=O)Cc1cccc(C)c1. The van der Waals surface area contributed by atoms with Gasteiger partial charge < -0.3 is 10.2 Å². The van der Waals surface area contributed by atoms with Gasteiger partial charge in [-0.2, -0.15) is 0 Å². The fourth-order valence-electron chi connectivity index (χ4n) is 3.90. The van der Waals surface area contributed by atoms with Gasteiger partial charge in [-0.1, -0.05) is 96.9 Å². The van der Waals surface area contributed by atoms with E-state index in [-0.39, 0.29) is 30.8 Å². The van der Waals surface area contributed by atoms with Gasteiger partial charge in [0.15, 0.2) is 0 Å². The summed E-state index contributed by atoms with van der Waals surface area (Å²) in [6, 6.07) is 24.6. The quantitative estimate of drug-likeness (QED) is 0.405. The molecule has 0 aromatic heterocycles. The van der Waals surface area contributed by atoms with Crippen molar-refractivity contribution in [3.05, 3.63) is 106 Å². The normalized spacial score (nSPS) is 12.6. The lowest BCUT2D eigenvalue weighted by Crippen LogP contribution is -2.52. The second kappa shape index (κ2) is 12.4. The molecule has 2 amide bonds. The number of benzene rings is 3. The summed E-state index contributed by atoms with van der Waals surface area (Å²) in [5.74, 6) is -0.256. The van der Waals surface area contributed by atoms with E-state index in [4.69, 9.17) is 11.6 Å². The van der Waals surface area contributed by atoms with Crippen LogP contribution in [0.3, 0.4) is 0 Å². The average molecular weight is 477 g/mol. The molecule has 0 fully saturated rings. The predicted molar refractivity (Wildman–Crippen MR) is 139 cm³/mol. The van der Waals surface area contributed by atoms with Crippen molar-refractivity contribution in [1.82, 2.24) is 10.2 Å². The average Bonchev–Trinajstić information content (AvgIpc) is 2.82. The molecule has 34 heavy (non-hydrogen) atoms. The van der Waals surface area contributed by atoms with E-state index < -0.39 is 6.04 Å². The lowest BCUT2D eigenvalue weighted by molar-refractivity contribution is -0.141. The Hall–Kier alpha value is -3.11. The van der Waals surface area contributed by atoms with E-state index in [2.05, 4.69) is 5.32 Å². The van der Waals surface area contributed by atoms with Crippen molar-refractivity contribution >= 4 is 23.4 Å². The predicted octanol–water partition coefficient (Wildman–Crippen LogP) is 5.75. The maximum atomic E-state index is 13.7. The molecule has 0 unspecified atom stereocenters. The third-order valence-corrected chi connectivity index (χ3v) is 6.38. The molecular formula is C29H33ClN2O2. The van der Waals surface area contributed by atoms with E-state index >= 15 is 0 Å². The van der Waals surface area contributed by atoms with Gasteiger partial charge >= 0.3 is 0 Å². The Balaban J connectivity index is 1.98. The molecule has 0 aliphatic rings. The lowest BCUT2D eigenvalue weighted by Gasteiger charge is -2.32. The van der Waals surface area contributed by atoms with Crippen LogP contribution in [0.15, 0.2) is 78.9 Å². The fraction of sp³-hybridized carbons (Fsp3) is 0.310. The van der Waals surface area contributed by atoms with Gasteiger partial charge in [-0.3, -0.25) is 9.59 Å². The maximum absolute atomic E-state index is 13.7. The molecule has 5 heteroatoms. The molecule has 4 nitrogen and oxygen atoms in total. The van der Waals surface area contributed by atoms with E-state index in [9.17, 15) is 9.59 Å². The highest BCUT2D eigenvalue weighted by molar-refractivity contribution is 6.31. The lowest BCUT2D eigenvalue weighted by atomic mass is 10.0. The molecule has 1 N–H and O–H groups in total. The third-order valence-electron chi connectivity index (χ3n) is 6.01. The summed E-state index contributed by atoms with van der Waals surface area (Å²) in [5.41, 5.74) is 3.84. The molecule has 0 heterocycles. The summed E-state index contributed by atoms with van der Waals surface area (Å²) >= 11 is 6.47. The van der Waals surface area contributed by atoms with Crippen molar-refractivity contribution in [2.24, 2.45) is 0 Å². The summed E-state index contributed by atoms with van der Waals surface area (Å²) in [4.78, 5) is 28.9. The monoisotopic (exact) mass is 476 g/mol. The molecule has 0 saturated heterocycles. The number of rotatable bonds is 10. The van der Waals surface area contributed by atoms with Crippen LogP contribution in [0.5, 0.6) is 0 Å². The number of carbonyl (C=O) groups is 2. The third kappa shape index (κ3) is 7.19. The smallest absolute Gasteiger partial charge is 0.243 e. The van der Waals surface area contributed by atoms with Gasteiger partial charge in [0.1, 0.15) is 6.04 Å². The van der Waals surface area contributed by atoms with Crippen LogP contribution in [0, 0.1) is 6.92 Å². The molecule has 3 rings (SSSR count). The van der Waals surface area contributed by atoms with Gasteiger partial charge in [0.05, 0.1) is 6.42 Å². The van der Waals surface area contributed by atoms with E-state index in [1.807, 2.05) is 99.6 Å². The van der Waals surface area contributed by atoms with Gasteiger partial charge in [0.25, 0.3) is 0 Å². The second-order valence-corrected chi connectivity index (χ2v) is 9.21.